The molecule has 2 amide bonds. The van der Waals surface area contributed by atoms with Crippen LogP contribution >= 0.6 is 23.1 Å². The summed E-state index contributed by atoms with van der Waals surface area (Å²) in [4.78, 5) is 38.8. The number of anilines is 1. The van der Waals surface area contributed by atoms with Crippen molar-refractivity contribution in [3.05, 3.63) is 21.8 Å². The Balaban J connectivity index is 2.20. The Labute approximate surface area is 171 Å². The number of thiophene rings is 1. The van der Waals surface area contributed by atoms with E-state index < -0.39 is 5.97 Å². The fraction of sp³-hybridized carbons (Fsp3) is 0.471. The lowest BCUT2D eigenvalue weighted by molar-refractivity contribution is -0.113. The third-order valence-electron chi connectivity index (χ3n) is 3.96. The first kappa shape index (κ1) is 21.9. The van der Waals surface area contributed by atoms with Crippen molar-refractivity contribution in [2.24, 2.45) is 7.05 Å². The van der Waals surface area contributed by atoms with Crippen molar-refractivity contribution in [1.82, 2.24) is 19.7 Å². The van der Waals surface area contributed by atoms with Crippen LogP contribution in [0.15, 0.2) is 5.16 Å². The van der Waals surface area contributed by atoms with Crippen LogP contribution in [0.5, 0.6) is 0 Å². The second-order valence-electron chi connectivity index (χ2n) is 6.10. The van der Waals surface area contributed by atoms with Crippen LogP contribution in [0.25, 0.3) is 0 Å². The van der Waals surface area contributed by atoms with Crippen molar-refractivity contribution in [3.8, 4) is 0 Å². The molecule has 152 valence electrons. The topological polar surface area (TPSA) is 106 Å². The largest absolute Gasteiger partial charge is 0.465 e. The average Bonchev–Trinajstić information content (AvgIpc) is 3.18. The lowest BCUT2D eigenvalue weighted by Crippen LogP contribution is -2.21. The quantitative estimate of drug-likeness (QED) is 0.534. The molecule has 0 saturated carbocycles. The predicted octanol–water partition coefficient (Wildman–Crippen LogP) is 1.97. The van der Waals surface area contributed by atoms with Crippen molar-refractivity contribution in [2.45, 2.75) is 25.4 Å². The van der Waals surface area contributed by atoms with Crippen LogP contribution in [-0.2, 0) is 23.0 Å². The monoisotopic (exact) mass is 425 g/mol. The zero-order valence-corrected chi connectivity index (χ0v) is 18.3. The van der Waals surface area contributed by atoms with Gasteiger partial charge in [-0.05, 0) is 12.5 Å². The van der Waals surface area contributed by atoms with Gasteiger partial charge in [-0.2, -0.15) is 0 Å². The molecule has 0 spiro atoms. The van der Waals surface area contributed by atoms with E-state index >= 15 is 0 Å². The fourth-order valence-corrected chi connectivity index (χ4v) is 4.39. The van der Waals surface area contributed by atoms with Gasteiger partial charge in [0.05, 0.1) is 23.3 Å². The first-order chi connectivity index (χ1) is 13.2. The van der Waals surface area contributed by atoms with Crippen molar-refractivity contribution >= 4 is 45.9 Å². The van der Waals surface area contributed by atoms with Gasteiger partial charge in [0.15, 0.2) is 5.16 Å². The van der Waals surface area contributed by atoms with Crippen LogP contribution in [0.3, 0.4) is 0 Å². The van der Waals surface area contributed by atoms with E-state index in [1.807, 2.05) is 18.5 Å². The number of nitrogens with one attached hydrogen (secondary N) is 1. The van der Waals surface area contributed by atoms with Crippen LogP contribution < -0.4 is 5.32 Å². The van der Waals surface area contributed by atoms with Crippen molar-refractivity contribution < 1.29 is 19.1 Å². The summed E-state index contributed by atoms with van der Waals surface area (Å²) in [6, 6.07) is 0. The summed E-state index contributed by atoms with van der Waals surface area (Å²) < 4.78 is 6.65. The minimum atomic E-state index is -0.601. The highest BCUT2D eigenvalue weighted by atomic mass is 32.2. The smallest absolute Gasteiger partial charge is 0.341 e. The van der Waals surface area contributed by atoms with Gasteiger partial charge in [0, 0.05) is 27.6 Å². The minimum Gasteiger partial charge on any atom is -0.465 e. The van der Waals surface area contributed by atoms with Gasteiger partial charge in [-0.3, -0.25) is 9.59 Å². The van der Waals surface area contributed by atoms with Gasteiger partial charge >= 0.3 is 5.97 Å². The molecule has 0 bridgehead atoms. The Bertz CT molecular complexity index is 904. The molecule has 0 saturated heterocycles. The normalized spacial score (nSPS) is 10.6. The van der Waals surface area contributed by atoms with E-state index in [9.17, 15) is 14.4 Å². The molecule has 2 aromatic heterocycles. The Morgan fingerprint density at radius 2 is 1.96 bits per heavy atom. The number of hydrogen-bond acceptors (Lipinski definition) is 8. The second-order valence-corrected chi connectivity index (χ2v) is 8.06. The summed E-state index contributed by atoms with van der Waals surface area (Å²) in [6.45, 7) is 3.64. The molecule has 0 aliphatic rings. The molecule has 1 N–H and O–H groups in total. The SMILES string of the molecule is CCc1nnc(SCC(=O)Nc2sc(C(=O)N(C)C)c(C)c2C(=O)OC)n1C. The molecular formula is C17H23N5O4S2. The Kier molecular flexibility index (Phi) is 7.19. The molecule has 11 heteroatoms. The molecule has 0 aromatic carbocycles. The number of rotatable bonds is 7. The molecule has 0 aliphatic carbocycles. The number of nitrogens with zero attached hydrogens (tertiary/aromatic N) is 4. The standard InChI is InChI=1S/C17H23N5O4S2/c1-7-10-19-20-17(22(10)5)27-8-11(23)18-14-12(16(25)26-6)9(2)13(28-14)15(24)21(3)4/h7-8H2,1-6H3,(H,18,23). The molecule has 0 atom stereocenters. The molecular weight excluding hydrogens is 402 g/mol. The zero-order valence-electron chi connectivity index (χ0n) is 16.7. The number of esters is 1. The van der Waals surface area contributed by atoms with E-state index in [-0.39, 0.29) is 23.1 Å². The van der Waals surface area contributed by atoms with Crippen LogP contribution in [0, 0.1) is 6.92 Å². The van der Waals surface area contributed by atoms with Crippen molar-refractivity contribution in [3.63, 3.8) is 0 Å². The highest BCUT2D eigenvalue weighted by Crippen LogP contribution is 2.34. The molecule has 2 rings (SSSR count). The zero-order chi connectivity index (χ0) is 21.0. The number of aromatic nitrogens is 3. The molecule has 2 aromatic rings. The molecule has 0 aliphatic heterocycles. The van der Waals surface area contributed by atoms with Gasteiger partial charge in [-0.25, -0.2) is 4.79 Å². The van der Waals surface area contributed by atoms with Gasteiger partial charge in [-0.1, -0.05) is 18.7 Å². The molecule has 2 heterocycles. The van der Waals surface area contributed by atoms with Gasteiger partial charge in [0.1, 0.15) is 10.8 Å². The highest BCUT2D eigenvalue weighted by Gasteiger charge is 2.27. The van der Waals surface area contributed by atoms with Gasteiger partial charge < -0.3 is 19.5 Å². The number of ether oxygens (including phenoxy) is 1. The van der Waals surface area contributed by atoms with Gasteiger partial charge in [0.25, 0.3) is 5.91 Å². The predicted molar refractivity (Wildman–Crippen MR) is 108 cm³/mol. The third kappa shape index (κ3) is 4.53. The number of hydrogen-bond donors (Lipinski definition) is 1. The van der Waals surface area contributed by atoms with E-state index in [4.69, 9.17) is 4.74 Å². The van der Waals surface area contributed by atoms with Gasteiger partial charge in [-0.15, -0.1) is 21.5 Å². The number of methoxy groups -OCH3 is 1. The van der Waals surface area contributed by atoms with E-state index in [0.29, 0.717) is 20.6 Å². The van der Waals surface area contributed by atoms with Crippen LogP contribution in [0.1, 0.15) is 38.3 Å². The molecule has 0 fully saturated rings. The molecule has 0 unspecified atom stereocenters. The summed E-state index contributed by atoms with van der Waals surface area (Å²) in [7, 11) is 6.35. The Morgan fingerprint density at radius 3 is 2.50 bits per heavy atom. The maximum Gasteiger partial charge on any atom is 0.341 e. The average molecular weight is 426 g/mol. The fourth-order valence-electron chi connectivity index (χ4n) is 2.43. The minimum absolute atomic E-state index is 0.0875. The summed E-state index contributed by atoms with van der Waals surface area (Å²) >= 11 is 2.30. The summed E-state index contributed by atoms with van der Waals surface area (Å²) in [5, 5.41) is 11.8. The van der Waals surface area contributed by atoms with Crippen molar-refractivity contribution in [1.29, 1.82) is 0 Å². The number of carbonyl (C=O) groups excluding carboxylic acids is 3. The van der Waals surface area contributed by atoms with E-state index in [2.05, 4.69) is 15.5 Å². The van der Waals surface area contributed by atoms with Crippen LogP contribution in [0.4, 0.5) is 5.00 Å². The molecule has 9 nitrogen and oxygen atoms in total. The Hall–Kier alpha value is -2.40. The van der Waals surface area contributed by atoms with Crippen LogP contribution in [-0.4, -0.2) is 64.4 Å². The van der Waals surface area contributed by atoms with Crippen LogP contribution in [0.2, 0.25) is 0 Å². The van der Waals surface area contributed by atoms with Crippen molar-refractivity contribution in [2.75, 3.05) is 32.3 Å². The van der Waals surface area contributed by atoms with E-state index in [0.717, 1.165) is 23.6 Å². The summed E-state index contributed by atoms with van der Waals surface area (Å²) in [5.74, 6) is -0.244. The first-order valence-electron chi connectivity index (χ1n) is 8.45. The van der Waals surface area contributed by atoms with Gasteiger partial charge in [0.2, 0.25) is 5.91 Å². The maximum atomic E-state index is 12.4. The molecule has 28 heavy (non-hydrogen) atoms. The summed E-state index contributed by atoms with van der Waals surface area (Å²) in [5.41, 5.74) is 0.683. The maximum absolute atomic E-state index is 12.4. The summed E-state index contributed by atoms with van der Waals surface area (Å²) in [6.07, 6.45) is 0.746. The number of aryl methyl sites for hydroxylation is 1. The Morgan fingerprint density at radius 1 is 1.29 bits per heavy atom. The number of thioether (sulfide) groups is 1. The number of carbonyl (C=O) groups is 3. The lowest BCUT2D eigenvalue weighted by Gasteiger charge is -2.08. The number of amides is 2. The first-order valence-corrected chi connectivity index (χ1v) is 10.3. The molecule has 0 radical (unpaired) electrons. The highest BCUT2D eigenvalue weighted by molar-refractivity contribution is 7.99. The second kappa shape index (κ2) is 9.20. The van der Waals surface area contributed by atoms with E-state index in [1.165, 1.54) is 23.8 Å². The lowest BCUT2D eigenvalue weighted by atomic mass is 10.1. The van der Waals surface area contributed by atoms with E-state index in [1.54, 1.807) is 21.0 Å². The third-order valence-corrected chi connectivity index (χ3v) is 6.18.